The van der Waals surface area contributed by atoms with Gasteiger partial charge in [-0.15, -0.1) is 0 Å². The van der Waals surface area contributed by atoms with Crippen molar-refractivity contribution in [2.24, 2.45) is 5.41 Å². The molecule has 1 amide bonds. The maximum atomic E-state index is 12.0. The molecule has 0 aliphatic heterocycles. The standard InChI is InChI=1S/C15H23NO2/c1-10-7-8-13(18-6)12(9-10)11(2)16-14(17)15(3,4)5/h7-9,11H,1-6H3,(H,16,17). The molecule has 3 nitrogen and oxygen atoms in total. The molecule has 1 rings (SSSR count). The molecule has 0 spiro atoms. The fourth-order valence-corrected chi connectivity index (χ4v) is 1.68. The quantitative estimate of drug-likeness (QED) is 0.893. The van der Waals surface area contributed by atoms with E-state index in [4.69, 9.17) is 4.74 Å². The molecule has 0 radical (unpaired) electrons. The molecule has 0 aromatic heterocycles. The number of rotatable bonds is 3. The molecule has 0 aliphatic rings. The van der Waals surface area contributed by atoms with Crippen LogP contribution in [-0.4, -0.2) is 13.0 Å². The highest BCUT2D eigenvalue weighted by Gasteiger charge is 2.24. The summed E-state index contributed by atoms with van der Waals surface area (Å²) in [6.45, 7) is 9.72. The second-order valence-electron chi connectivity index (χ2n) is 5.69. The van der Waals surface area contributed by atoms with E-state index in [1.807, 2.05) is 52.8 Å². The minimum atomic E-state index is -0.384. The summed E-state index contributed by atoms with van der Waals surface area (Å²) in [4.78, 5) is 12.0. The van der Waals surface area contributed by atoms with Crippen LogP contribution in [0.3, 0.4) is 0 Å². The van der Waals surface area contributed by atoms with Crippen molar-refractivity contribution in [2.75, 3.05) is 7.11 Å². The normalized spacial score (nSPS) is 13.0. The van der Waals surface area contributed by atoms with Gasteiger partial charge in [-0.3, -0.25) is 4.79 Å². The van der Waals surface area contributed by atoms with Crippen LogP contribution in [0, 0.1) is 12.3 Å². The van der Waals surface area contributed by atoms with Gasteiger partial charge in [-0.2, -0.15) is 0 Å². The van der Waals surface area contributed by atoms with Crippen LogP contribution in [0.2, 0.25) is 0 Å². The van der Waals surface area contributed by atoms with Gasteiger partial charge in [-0.1, -0.05) is 38.5 Å². The van der Waals surface area contributed by atoms with Crippen molar-refractivity contribution in [3.05, 3.63) is 29.3 Å². The van der Waals surface area contributed by atoms with E-state index in [0.717, 1.165) is 16.9 Å². The Morgan fingerprint density at radius 1 is 1.33 bits per heavy atom. The van der Waals surface area contributed by atoms with E-state index < -0.39 is 0 Å². The van der Waals surface area contributed by atoms with E-state index in [2.05, 4.69) is 5.32 Å². The van der Waals surface area contributed by atoms with Crippen molar-refractivity contribution < 1.29 is 9.53 Å². The van der Waals surface area contributed by atoms with Crippen LogP contribution >= 0.6 is 0 Å². The van der Waals surface area contributed by atoms with Gasteiger partial charge < -0.3 is 10.1 Å². The first kappa shape index (κ1) is 14.6. The molecule has 100 valence electrons. The summed E-state index contributed by atoms with van der Waals surface area (Å²) in [5.41, 5.74) is 1.78. The Morgan fingerprint density at radius 2 is 1.94 bits per heavy atom. The Bertz CT molecular complexity index is 433. The van der Waals surface area contributed by atoms with Crippen LogP contribution in [0.1, 0.15) is 44.9 Å². The van der Waals surface area contributed by atoms with Gasteiger partial charge in [0.25, 0.3) is 0 Å². The van der Waals surface area contributed by atoms with E-state index in [1.54, 1.807) is 7.11 Å². The minimum Gasteiger partial charge on any atom is -0.496 e. The van der Waals surface area contributed by atoms with E-state index in [1.165, 1.54) is 0 Å². The largest absolute Gasteiger partial charge is 0.496 e. The smallest absolute Gasteiger partial charge is 0.225 e. The van der Waals surface area contributed by atoms with Crippen molar-refractivity contribution in [1.82, 2.24) is 5.32 Å². The number of carbonyl (C=O) groups is 1. The molecule has 0 bridgehead atoms. The van der Waals surface area contributed by atoms with Crippen LogP contribution in [0.15, 0.2) is 18.2 Å². The molecule has 1 aromatic carbocycles. The highest BCUT2D eigenvalue weighted by Crippen LogP contribution is 2.27. The first-order valence-corrected chi connectivity index (χ1v) is 6.21. The fourth-order valence-electron chi connectivity index (χ4n) is 1.68. The lowest BCUT2D eigenvalue weighted by Crippen LogP contribution is -2.36. The van der Waals surface area contributed by atoms with Crippen molar-refractivity contribution in [3.8, 4) is 5.75 Å². The molecule has 1 atom stereocenters. The van der Waals surface area contributed by atoms with Gasteiger partial charge in [0, 0.05) is 11.0 Å². The van der Waals surface area contributed by atoms with Crippen LogP contribution in [-0.2, 0) is 4.79 Å². The summed E-state index contributed by atoms with van der Waals surface area (Å²) in [6.07, 6.45) is 0. The Kier molecular flexibility index (Phi) is 4.38. The summed E-state index contributed by atoms with van der Waals surface area (Å²) in [5, 5.41) is 3.02. The lowest BCUT2D eigenvalue weighted by atomic mass is 9.94. The van der Waals surface area contributed by atoms with E-state index >= 15 is 0 Å². The zero-order valence-corrected chi connectivity index (χ0v) is 12.1. The first-order chi connectivity index (χ1) is 8.25. The molecule has 1 unspecified atom stereocenters. The average molecular weight is 249 g/mol. The molecule has 0 saturated heterocycles. The van der Waals surface area contributed by atoms with Gasteiger partial charge in [0.1, 0.15) is 5.75 Å². The molecule has 0 aliphatic carbocycles. The average Bonchev–Trinajstić information content (AvgIpc) is 2.27. The SMILES string of the molecule is COc1ccc(C)cc1C(C)NC(=O)C(C)(C)C. The van der Waals surface area contributed by atoms with Crippen LogP contribution in [0.4, 0.5) is 0 Å². The number of hydrogen-bond acceptors (Lipinski definition) is 2. The van der Waals surface area contributed by atoms with E-state index in [0.29, 0.717) is 0 Å². The lowest BCUT2D eigenvalue weighted by Gasteiger charge is -2.23. The van der Waals surface area contributed by atoms with E-state index in [9.17, 15) is 4.79 Å². The lowest BCUT2D eigenvalue weighted by molar-refractivity contribution is -0.129. The maximum Gasteiger partial charge on any atom is 0.225 e. The highest BCUT2D eigenvalue weighted by molar-refractivity contribution is 5.81. The number of hydrogen-bond donors (Lipinski definition) is 1. The van der Waals surface area contributed by atoms with Crippen molar-refractivity contribution in [1.29, 1.82) is 0 Å². The van der Waals surface area contributed by atoms with Crippen LogP contribution < -0.4 is 10.1 Å². The van der Waals surface area contributed by atoms with Crippen molar-refractivity contribution in [2.45, 2.75) is 40.7 Å². The number of benzene rings is 1. The second-order valence-corrected chi connectivity index (χ2v) is 5.69. The van der Waals surface area contributed by atoms with Gasteiger partial charge >= 0.3 is 0 Å². The zero-order chi connectivity index (χ0) is 13.9. The second kappa shape index (κ2) is 5.42. The Labute approximate surface area is 110 Å². The topological polar surface area (TPSA) is 38.3 Å². The number of carbonyl (C=O) groups excluding carboxylic acids is 1. The van der Waals surface area contributed by atoms with Gasteiger partial charge in [0.2, 0.25) is 5.91 Å². The van der Waals surface area contributed by atoms with Crippen LogP contribution in [0.25, 0.3) is 0 Å². The molecular formula is C15H23NO2. The summed E-state index contributed by atoms with van der Waals surface area (Å²) in [6, 6.07) is 5.92. The molecule has 1 aromatic rings. The minimum absolute atomic E-state index is 0.0403. The fraction of sp³-hybridized carbons (Fsp3) is 0.533. The number of amides is 1. The first-order valence-electron chi connectivity index (χ1n) is 6.21. The molecule has 18 heavy (non-hydrogen) atoms. The molecule has 0 fully saturated rings. The monoisotopic (exact) mass is 249 g/mol. The van der Waals surface area contributed by atoms with E-state index in [-0.39, 0.29) is 17.4 Å². The molecule has 0 heterocycles. The summed E-state index contributed by atoms with van der Waals surface area (Å²) >= 11 is 0. The molecular weight excluding hydrogens is 226 g/mol. The summed E-state index contributed by atoms with van der Waals surface area (Å²) < 4.78 is 5.34. The third kappa shape index (κ3) is 3.49. The predicted octanol–water partition coefficient (Wildman–Crippen LogP) is 3.23. The van der Waals surface area contributed by atoms with Crippen molar-refractivity contribution in [3.63, 3.8) is 0 Å². The Balaban J connectivity index is 2.93. The van der Waals surface area contributed by atoms with Gasteiger partial charge in [-0.25, -0.2) is 0 Å². The zero-order valence-electron chi connectivity index (χ0n) is 12.1. The summed E-state index contributed by atoms with van der Waals surface area (Å²) in [7, 11) is 1.65. The molecule has 1 N–H and O–H groups in total. The number of aryl methyl sites for hydroxylation is 1. The molecule has 3 heteroatoms. The van der Waals surface area contributed by atoms with Crippen LogP contribution in [0.5, 0.6) is 5.75 Å². The van der Waals surface area contributed by atoms with Gasteiger partial charge in [0.15, 0.2) is 0 Å². The Hall–Kier alpha value is -1.51. The molecule has 0 saturated carbocycles. The van der Waals surface area contributed by atoms with Crippen molar-refractivity contribution >= 4 is 5.91 Å². The highest BCUT2D eigenvalue weighted by atomic mass is 16.5. The number of methoxy groups -OCH3 is 1. The third-order valence-corrected chi connectivity index (χ3v) is 2.88. The summed E-state index contributed by atoms with van der Waals surface area (Å²) in [5.74, 6) is 0.848. The van der Waals surface area contributed by atoms with Gasteiger partial charge in [0.05, 0.1) is 13.2 Å². The third-order valence-electron chi connectivity index (χ3n) is 2.88. The maximum absolute atomic E-state index is 12.0. The number of nitrogens with one attached hydrogen (secondary N) is 1. The Morgan fingerprint density at radius 3 is 2.44 bits per heavy atom. The van der Waals surface area contributed by atoms with Gasteiger partial charge in [-0.05, 0) is 19.9 Å². The number of ether oxygens (including phenoxy) is 1. The predicted molar refractivity (Wildman–Crippen MR) is 73.7 cm³/mol.